The Morgan fingerprint density at radius 2 is 1.48 bits per heavy atom. The molecule has 0 aliphatic rings. The highest BCUT2D eigenvalue weighted by Gasteiger charge is 2.29. The molecule has 23 heavy (non-hydrogen) atoms. The number of esters is 1. The molecule has 0 amide bonds. The molecule has 0 radical (unpaired) electrons. The Morgan fingerprint density at radius 1 is 0.957 bits per heavy atom. The van der Waals surface area contributed by atoms with E-state index in [9.17, 15) is 4.79 Å². The summed E-state index contributed by atoms with van der Waals surface area (Å²) in [5.74, 6) is -0.189. The van der Waals surface area contributed by atoms with Crippen molar-refractivity contribution in [2.45, 2.75) is 47.6 Å². The van der Waals surface area contributed by atoms with Gasteiger partial charge in [0.15, 0.2) is 6.10 Å². The molecule has 2 nitrogen and oxygen atoms in total. The van der Waals surface area contributed by atoms with Crippen LogP contribution in [0.3, 0.4) is 0 Å². The second-order valence-corrected chi connectivity index (χ2v) is 7.26. The predicted molar refractivity (Wildman–Crippen MR) is 94.5 cm³/mol. The van der Waals surface area contributed by atoms with Gasteiger partial charge < -0.3 is 4.74 Å². The van der Waals surface area contributed by atoms with Gasteiger partial charge in [-0.15, -0.1) is 0 Å². The Hall–Kier alpha value is -2.09. The van der Waals surface area contributed by atoms with Gasteiger partial charge in [0.05, 0.1) is 5.41 Å². The van der Waals surface area contributed by atoms with Crippen LogP contribution in [0.4, 0.5) is 0 Å². The van der Waals surface area contributed by atoms with Crippen molar-refractivity contribution in [3.8, 4) is 0 Å². The van der Waals surface area contributed by atoms with E-state index in [0.29, 0.717) is 0 Å². The fraction of sp³-hybridized carbons (Fsp3) is 0.381. The Balaban J connectivity index is 2.53. The first-order valence-electron chi connectivity index (χ1n) is 8.04. The number of carbonyl (C=O) groups excluding carboxylic acids is 1. The van der Waals surface area contributed by atoms with Crippen LogP contribution in [0.15, 0.2) is 42.5 Å². The molecule has 122 valence electrons. The maximum Gasteiger partial charge on any atom is 0.312 e. The van der Waals surface area contributed by atoms with Gasteiger partial charge >= 0.3 is 5.97 Å². The molecule has 2 aromatic rings. The maximum atomic E-state index is 12.5. The normalized spacial score (nSPS) is 12.8. The van der Waals surface area contributed by atoms with Crippen molar-refractivity contribution in [1.29, 1.82) is 0 Å². The molecule has 0 heterocycles. The van der Waals surface area contributed by atoms with E-state index >= 15 is 0 Å². The van der Waals surface area contributed by atoms with Gasteiger partial charge in [0.2, 0.25) is 0 Å². The average Bonchev–Trinajstić information content (AvgIpc) is 2.45. The highest BCUT2D eigenvalue weighted by molar-refractivity contribution is 5.76. The number of hydrogen-bond donors (Lipinski definition) is 0. The molecule has 2 heteroatoms. The highest BCUT2D eigenvalue weighted by atomic mass is 16.5. The van der Waals surface area contributed by atoms with Crippen molar-refractivity contribution in [2.75, 3.05) is 0 Å². The number of ether oxygens (including phenoxy) is 1. The third kappa shape index (κ3) is 4.01. The third-order valence-electron chi connectivity index (χ3n) is 3.94. The number of rotatable bonds is 3. The number of aryl methyl sites for hydroxylation is 3. The number of carbonyl (C=O) groups is 1. The average molecular weight is 310 g/mol. The van der Waals surface area contributed by atoms with Crippen LogP contribution in [-0.2, 0) is 9.53 Å². The molecule has 1 unspecified atom stereocenters. The van der Waals surface area contributed by atoms with Crippen molar-refractivity contribution in [1.82, 2.24) is 0 Å². The second-order valence-electron chi connectivity index (χ2n) is 7.26. The molecule has 0 saturated carbocycles. The smallest absolute Gasteiger partial charge is 0.312 e. The molecule has 0 aromatic heterocycles. The first-order chi connectivity index (χ1) is 10.7. The summed E-state index contributed by atoms with van der Waals surface area (Å²) in [4.78, 5) is 12.5. The Bertz CT molecular complexity index is 671. The van der Waals surface area contributed by atoms with Crippen LogP contribution < -0.4 is 0 Å². The molecule has 0 aliphatic carbocycles. The van der Waals surface area contributed by atoms with E-state index in [1.165, 1.54) is 5.56 Å². The lowest BCUT2D eigenvalue weighted by Crippen LogP contribution is -2.26. The maximum absolute atomic E-state index is 12.5. The van der Waals surface area contributed by atoms with Crippen LogP contribution in [0.25, 0.3) is 0 Å². The van der Waals surface area contributed by atoms with E-state index in [1.54, 1.807) is 0 Å². The van der Waals surface area contributed by atoms with E-state index in [4.69, 9.17) is 4.74 Å². The minimum atomic E-state index is -0.528. The molecule has 0 saturated heterocycles. The quantitative estimate of drug-likeness (QED) is 0.720. The molecule has 2 rings (SSSR count). The minimum Gasteiger partial charge on any atom is -0.452 e. The second kappa shape index (κ2) is 6.57. The van der Waals surface area contributed by atoms with Crippen LogP contribution in [0, 0.1) is 26.2 Å². The molecule has 0 bridgehead atoms. The van der Waals surface area contributed by atoms with Crippen molar-refractivity contribution >= 4 is 5.97 Å². The lowest BCUT2D eigenvalue weighted by Gasteiger charge is -2.26. The van der Waals surface area contributed by atoms with Crippen LogP contribution in [0.5, 0.6) is 0 Å². The summed E-state index contributed by atoms with van der Waals surface area (Å²) in [6.45, 7) is 11.9. The summed E-state index contributed by atoms with van der Waals surface area (Å²) < 4.78 is 5.95. The zero-order chi connectivity index (χ0) is 17.2. The Kier molecular flexibility index (Phi) is 4.93. The first kappa shape index (κ1) is 17.3. The Labute approximate surface area is 139 Å². The zero-order valence-corrected chi connectivity index (χ0v) is 14.9. The van der Waals surface area contributed by atoms with Gasteiger partial charge in [-0.1, -0.05) is 48.0 Å². The fourth-order valence-corrected chi connectivity index (χ4v) is 2.81. The van der Waals surface area contributed by atoms with Gasteiger partial charge in [-0.05, 0) is 58.2 Å². The lowest BCUT2D eigenvalue weighted by atomic mass is 9.91. The van der Waals surface area contributed by atoms with Gasteiger partial charge in [-0.2, -0.15) is 0 Å². The highest BCUT2D eigenvalue weighted by Crippen LogP contribution is 2.33. The van der Waals surface area contributed by atoms with Gasteiger partial charge in [0, 0.05) is 5.56 Å². The van der Waals surface area contributed by atoms with Gasteiger partial charge in [-0.25, -0.2) is 0 Å². The van der Waals surface area contributed by atoms with Crippen LogP contribution in [0.1, 0.15) is 54.7 Å². The summed E-state index contributed by atoms with van der Waals surface area (Å²) in [5, 5.41) is 0. The first-order valence-corrected chi connectivity index (χ1v) is 8.04. The summed E-state index contributed by atoms with van der Waals surface area (Å²) in [5.41, 5.74) is 5.08. The fourth-order valence-electron chi connectivity index (χ4n) is 2.81. The van der Waals surface area contributed by atoms with Gasteiger partial charge in [0.1, 0.15) is 0 Å². The molecule has 0 N–H and O–H groups in total. The topological polar surface area (TPSA) is 26.3 Å². The van der Waals surface area contributed by atoms with E-state index in [-0.39, 0.29) is 12.1 Å². The summed E-state index contributed by atoms with van der Waals surface area (Å²) in [7, 11) is 0. The largest absolute Gasteiger partial charge is 0.452 e. The number of benzene rings is 2. The molecule has 0 aliphatic heterocycles. The van der Waals surface area contributed by atoms with E-state index < -0.39 is 5.41 Å². The SMILES string of the molecule is Cc1cc(C)c(C(OC(=O)C(C)(C)C)c2ccccc2)c(C)c1. The standard InChI is InChI=1S/C21H26O2/c1-14-12-15(2)18(16(3)13-14)19(17-10-8-7-9-11-17)23-20(22)21(4,5)6/h7-13,19H,1-6H3. The van der Waals surface area contributed by atoms with Gasteiger partial charge in [0.25, 0.3) is 0 Å². The summed E-state index contributed by atoms with van der Waals surface area (Å²) >= 11 is 0. The van der Waals surface area contributed by atoms with Gasteiger partial charge in [-0.3, -0.25) is 4.79 Å². The summed E-state index contributed by atoms with van der Waals surface area (Å²) in [6, 6.07) is 14.2. The zero-order valence-electron chi connectivity index (χ0n) is 14.9. The predicted octanol–water partition coefficient (Wildman–Crippen LogP) is 5.29. The number of hydrogen-bond acceptors (Lipinski definition) is 2. The monoisotopic (exact) mass is 310 g/mol. The van der Waals surface area contributed by atoms with Crippen LogP contribution in [-0.4, -0.2) is 5.97 Å². The third-order valence-corrected chi connectivity index (χ3v) is 3.94. The van der Waals surface area contributed by atoms with Crippen LogP contribution in [0.2, 0.25) is 0 Å². The summed E-state index contributed by atoms with van der Waals surface area (Å²) in [6.07, 6.45) is -0.372. The molecular weight excluding hydrogens is 284 g/mol. The lowest BCUT2D eigenvalue weighted by molar-refractivity contribution is -0.157. The van der Waals surface area contributed by atoms with Crippen molar-refractivity contribution in [3.63, 3.8) is 0 Å². The van der Waals surface area contributed by atoms with Crippen molar-refractivity contribution in [3.05, 3.63) is 70.3 Å². The molecular formula is C21H26O2. The molecule has 0 spiro atoms. The molecule has 1 atom stereocenters. The van der Waals surface area contributed by atoms with Crippen LogP contribution >= 0.6 is 0 Å². The van der Waals surface area contributed by atoms with E-state index in [0.717, 1.165) is 22.3 Å². The van der Waals surface area contributed by atoms with Crippen molar-refractivity contribution in [2.24, 2.45) is 5.41 Å². The Morgan fingerprint density at radius 3 is 1.96 bits per heavy atom. The molecule has 2 aromatic carbocycles. The minimum absolute atomic E-state index is 0.189. The van der Waals surface area contributed by atoms with E-state index in [2.05, 4.69) is 32.9 Å². The van der Waals surface area contributed by atoms with E-state index in [1.807, 2.05) is 51.1 Å². The van der Waals surface area contributed by atoms with Crippen molar-refractivity contribution < 1.29 is 9.53 Å². The molecule has 0 fully saturated rings.